The molecule has 180 valence electrons. The summed E-state index contributed by atoms with van der Waals surface area (Å²) in [5.74, 6) is -0.0778. The fourth-order valence-corrected chi connectivity index (χ4v) is 9.21. The van der Waals surface area contributed by atoms with E-state index in [2.05, 4.69) is 107 Å². The number of hydrogen-bond acceptors (Lipinski definition) is 2. The largest absolute Gasteiger partial charge is 0.373 e. The minimum Gasteiger partial charge on any atom is -0.373 e. The molecule has 0 radical (unpaired) electrons. The highest BCUT2D eigenvalue weighted by Crippen LogP contribution is 2.61. The summed E-state index contributed by atoms with van der Waals surface area (Å²) in [5, 5.41) is 7.11. The van der Waals surface area contributed by atoms with Crippen LogP contribution in [0.1, 0.15) is 29.6 Å². The average molecular weight is 492 g/mol. The molecule has 0 aromatic heterocycles. The van der Waals surface area contributed by atoms with Crippen LogP contribution >= 0.6 is 7.26 Å². The van der Waals surface area contributed by atoms with Gasteiger partial charge in [0, 0.05) is 18.7 Å². The van der Waals surface area contributed by atoms with Crippen molar-refractivity contribution in [1.29, 1.82) is 0 Å². The zero-order valence-corrected chi connectivity index (χ0v) is 21.4. The van der Waals surface area contributed by atoms with E-state index in [4.69, 9.17) is 0 Å². The molecule has 4 aromatic carbocycles. The number of likely N-dealkylation sites (tertiary alicyclic amines) is 1. The minimum absolute atomic E-state index is 0.0778. The van der Waals surface area contributed by atoms with Crippen molar-refractivity contribution in [2.24, 2.45) is 0 Å². The van der Waals surface area contributed by atoms with Crippen molar-refractivity contribution in [2.75, 3.05) is 13.1 Å². The number of rotatable bonds is 7. The summed E-state index contributed by atoms with van der Waals surface area (Å²) in [5.41, 5.74) is 1.64. The van der Waals surface area contributed by atoms with Crippen LogP contribution in [0.25, 0.3) is 0 Å². The molecule has 0 saturated carbocycles. The normalized spacial score (nSPS) is 14.3. The van der Waals surface area contributed by atoms with Crippen molar-refractivity contribution in [3.63, 3.8) is 0 Å². The number of carbonyl (C=O) groups is 1. The molecule has 1 amide bonds. The summed E-state index contributed by atoms with van der Waals surface area (Å²) in [4.78, 5) is 16.1. The molecule has 4 aromatic rings. The highest BCUT2D eigenvalue weighted by Gasteiger charge is 2.51. The fraction of sp³-hybridized carbons (Fsp3) is 0.156. The molecule has 1 fully saturated rings. The Morgan fingerprint density at radius 2 is 1.03 bits per heavy atom. The van der Waals surface area contributed by atoms with Gasteiger partial charge in [0.1, 0.15) is 15.9 Å². The summed E-state index contributed by atoms with van der Waals surface area (Å²) < 4.78 is 0. The fourth-order valence-electron chi connectivity index (χ4n) is 5.02. The smallest absolute Gasteiger partial charge is 0.258 e. The molecule has 1 saturated heterocycles. The molecule has 0 spiro atoms. The molecule has 1 aliphatic heterocycles. The quantitative estimate of drug-likeness (QED) is 0.337. The summed E-state index contributed by atoms with van der Waals surface area (Å²) in [6, 6.07) is 41.6. The summed E-state index contributed by atoms with van der Waals surface area (Å²) in [6.45, 7) is 2.01. The van der Waals surface area contributed by atoms with Crippen molar-refractivity contribution in [2.45, 2.75) is 19.3 Å². The number of hydrogen-bond donors (Lipinski definition) is 1. The van der Waals surface area contributed by atoms with Crippen molar-refractivity contribution in [1.82, 2.24) is 10.2 Å². The van der Waals surface area contributed by atoms with Gasteiger partial charge in [-0.15, -0.1) is 0 Å². The number of benzene rings is 4. The minimum atomic E-state index is -2.42. The van der Waals surface area contributed by atoms with Crippen LogP contribution in [0.2, 0.25) is 0 Å². The highest BCUT2D eigenvalue weighted by atomic mass is 31.2. The molecular formula is C32H32N2OP+. The molecule has 3 nitrogen and oxygen atoms in total. The predicted molar refractivity (Wildman–Crippen MR) is 153 cm³/mol. The Morgan fingerprint density at radius 1 is 0.611 bits per heavy atom. The van der Waals surface area contributed by atoms with Crippen molar-refractivity contribution in [3.8, 4) is 0 Å². The number of carbonyl (C=O) groups excluding carboxylic acids is 1. The molecule has 1 N–H and O–H groups in total. The second-order valence-electron chi connectivity index (χ2n) is 9.11. The summed E-state index contributed by atoms with van der Waals surface area (Å²) >= 11 is 0. The van der Waals surface area contributed by atoms with E-state index < -0.39 is 7.26 Å². The van der Waals surface area contributed by atoms with Gasteiger partial charge in [-0.05, 0) is 67.8 Å². The molecule has 5 rings (SSSR count). The monoisotopic (exact) mass is 491 g/mol. The number of piperidine rings is 1. The molecule has 0 atom stereocenters. The van der Waals surface area contributed by atoms with E-state index in [9.17, 15) is 4.79 Å². The lowest BCUT2D eigenvalue weighted by atomic mass is 10.1. The van der Waals surface area contributed by atoms with Gasteiger partial charge in [0.25, 0.3) is 5.91 Å². The topological polar surface area (TPSA) is 32.3 Å². The van der Waals surface area contributed by atoms with Gasteiger partial charge < -0.3 is 4.90 Å². The second kappa shape index (κ2) is 11.4. The number of nitrogens with zero attached hydrogens (tertiary/aromatic N) is 1. The van der Waals surface area contributed by atoms with Gasteiger partial charge in [-0.3, -0.25) is 10.1 Å². The van der Waals surface area contributed by atoms with E-state index in [-0.39, 0.29) is 5.91 Å². The third-order valence-corrected chi connectivity index (χ3v) is 10.9. The molecule has 1 aliphatic rings. The van der Waals surface area contributed by atoms with Gasteiger partial charge in [0.05, 0.1) is 6.20 Å². The number of amides is 1. The predicted octanol–water partition coefficient (Wildman–Crippen LogP) is 5.70. The molecular weight excluding hydrogens is 459 g/mol. The van der Waals surface area contributed by atoms with E-state index in [0.717, 1.165) is 18.5 Å². The SMILES string of the molecule is O=C(NC(=CN1CCCCC1)[P+](c1ccccc1)(c1ccccc1)c1ccccc1)c1ccccc1. The Labute approximate surface area is 214 Å². The third kappa shape index (κ3) is 4.98. The van der Waals surface area contributed by atoms with E-state index in [1.54, 1.807) is 0 Å². The maximum absolute atomic E-state index is 13.7. The summed E-state index contributed by atoms with van der Waals surface area (Å²) in [7, 11) is -2.42. The molecule has 0 bridgehead atoms. The molecule has 0 unspecified atom stereocenters. The molecule has 1 heterocycles. The van der Waals surface area contributed by atoms with Gasteiger partial charge in [0.2, 0.25) is 0 Å². The maximum atomic E-state index is 13.7. The van der Waals surface area contributed by atoms with Crippen LogP contribution in [0.4, 0.5) is 0 Å². The van der Waals surface area contributed by atoms with Crippen LogP contribution in [0.5, 0.6) is 0 Å². The second-order valence-corrected chi connectivity index (χ2v) is 12.5. The number of nitrogens with one attached hydrogen (secondary N) is 1. The average Bonchev–Trinajstić information content (AvgIpc) is 2.96. The van der Waals surface area contributed by atoms with Crippen LogP contribution in [0, 0.1) is 0 Å². The Hall–Kier alpha value is -3.68. The Balaban J connectivity index is 1.77. The van der Waals surface area contributed by atoms with Crippen molar-refractivity contribution >= 4 is 29.1 Å². The first kappa shape index (κ1) is 24.0. The Bertz CT molecular complexity index is 1190. The zero-order valence-electron chi connectivity index (χ0n) is 20.5. The Morgan fingerprint density at radius 3 is 1.47 bits per heavy atom. The van der Waals surface area contributed by atoms with Crippen LogP contribution < -0.4 is 21.2 Å². The van der Waals surface area contributed by atoms with Crippen molar-refractivity contribution < 1.29 is 4.79 Å². The first-order valence-electron chi connectivity index (χ1n) is 12.7. The van der Waals surface area contributed by atoms with Crippen LogP contribution in [0.15, 0.2) is 133 Å². The van der Waals surface area contributed by atoms with Gasteiger partial charge in [-0.1, -0.05) is 72.8 Å². The van der Waals surface area contributed by atoms with Gasteiger partial charge in [0.15, 0.2) is 12.7 Å². The van der Waals surface area contributed by atoms with E-state index in [1.165, 1.54) is 35.2 Å². The molecule has 0 aliphatic carbocycles. The highest BCUT2D eigenvalue weighted by molar-refractivity contribution is 7.99. The van der Waals surface area contributed by atoms with E-state index in [1.807, 2.05) is 30.3 Å². The van der Waals surface area contributed by atoms with Gasteiger partial charge >= 0.3 is 0 Å². The molecule has 36 heavy (non-hydrogen) atoms. The van der Waals surface area contributed by atoms with Crippen LogP contribution in [-0.4, -0.2) is 23.9 Å². The van der Waals surface area contributed by atoms with Gasteiger partial charge in [-0.2, -0.15) is 0 Å². The first-order chi connectivity index (χ1) is 17.8. The molecule has 4 heteroatoms. The lowest BCUT2D eigenvalue weighted by Gasteiger charge is -2.32. The summed E-state index contributed by atoms with van der Waals surface area (Å²) in [6.07, 6.45) is 5.85. The lowest BCUT2D eigenvalue weighted by molar-refractivity contribution is 0.0967. The van der Waals surface area contributed by atoms with E-state index in [0.29, 0.717) is 5.56 Å². The van der Waals surface area contributed by atoms with E-state index >= 15 is 0 Å². The van der Waals surface area contributed by atoms with Crippen LogP contribution in [0.3, 0.4) is 0 Å². The third-order valence-electron chi connectivity index (χ3n) is 6.76. The Kier molecular flexibility index (Phi) is 7.59. The zero-order chi connectivity index (χ0) is 24.6. The van der Waals surface area contributed by atoms with Crippen LogP contribution in [-0.2, 0) is 0 Å². The standard InChI is InChI=1S/C32H31N2OP/c35-32(27-16-6-1-7-17-27)33-31(26-34-24-14-5-15-25-34)36(28-18-8-2-9-19-28,29-20-10-3-11-21-29)30-22-12-4-13-23-30/h1-4,6-13,16-23,26H,5,14-15,24-25H2/p+1. The lowest BCUT2D eigenvalue weighted by Crippen LogP contribution is -2.39. The van der Waals surface area contributed by atoms with Crippen molar-refractivity contribution in [3.05, 3.63) is 139 Å². The maximum Gasteiger partial charge on any atom is 0.258 e. The first-order valence-corrected chi connectivity index (χ1v) is 14.5. The van der Waals surface area contributed by atoms with Gasteiger partial charge in [-0.25, -0.2) is 0 Å².